The number of nitrogens with one attached hydrogen (secondary N) is 4. The zero-order valence-electron chi connectivity index (χ0n) is 26.3. The van der Waals surface area contributed by atoms with Gasteiger partial charge in [0, 0.05) is 30.9 Å². The molecule has 0 spiro atoms. The summed E-state index contributed by atoms with van der Waals surface area (Å²) in [6.07, 6.45) is 4.53. The summed E-state index contributed by atoms with van der Waals surface area (Å²) in [5.41, 5.74) is 7.55. The fourth-order valence-corrected chi connectivity index (χ4v) is 5.76. The summed E-state index contributed by atoms with van der Waals surface area (Å²) in [4.78, 5) is 73.3. The number of nitrogens with zero attached hydrogens (tertiary/aromatic N) is 2. The number of aliphatic hydroxyl groups is 1. The van der Waals surface area contributed by atoms with Gasteiger partial charge < -0.3 is 41.8 Å². The molecule has 1 aliphatic heterocycles. The van der Waals surface area contributed by atoms with Gasteiger partial charge in [-0.3, -0.25) is 19.2 Å². The summed E-state index contributed by atoms with van der Waals surface area (Å²) >= 11 is 1.46. The minimum absolute atomic E-state index is 0.0303. The number of aromatic amines is 1. The van der Waals surface area contributed by atoms with E-state index in [-0.39, 0.29) is 25.8 Å². The van der Waals surface area contributed by atoms with Crippen LogP contribution in [0.15, 0.2) is 42.9 Å². The molecule has 1 fully saturated rings. The second kappa shape index (κ2) is 17.7. The number of carbonyl (C=O) groups is 5. The van der Waals surface area contributed by atoms with Crippen molar-refractivity contribution in [2.75, 3.05) is 18.6 Å². The molecule has 0 saturated carbocycles. The van der Waals surface area contributed by atoms with Gasteiger partial charge in [0.05, 0.1) is 6.33 Å². The number of H-pyrrole nitrogens is 1. The Bertz CT molecular complexity index is 1310. The quantitative estimate of drug-likeness (QED) is 0.119. The highest BCUT2D eigenvalue weighted by molar-refractivity contribution is 7.98. The molecule has 14 nitrogen and oxygen atoms in total. The van der Waals surface area contributed by atoms with Gasteiger partial charge in [-0.25, -0.2) is 9.78 Å². The highest BCUT2D eigenvalue weighted by Gasteiger charge is 2.40. The molecule has 8 N–H and O–H groups in total. The molecule has 1 saturated heterocycles. The Labute approximate surface area is 272 Å². The van der Waals surface area contributed by atoms with E-state index in [1.165, 1.54) is 29.2 Å². The third-order valence-corrected chi connectivity index (χ3v) is 8.54. The lowest BCUT2D eigenvalue weighted by Crippen LogP contribution is -2.59. The lowest BCUT2D eigenvalue weighted by molar-refractivity contribution is -0.146. The Hall–Kier alpha value is -3.95. The number of imidazole rings is 1. The molecule has 3 rings (SSSR count). The van der Waals surface area contributed by atoms with Crippen molar-refractivity contribution in [3.63, 3.8) is 0 Å². The standard InChI is InChI=1S/C31H45N7O7S/c1-18(2)25(29(42)35-22(11-13-46-3)27(40)36-23(31(44)45)15-20-16-33-17-34-20)37-28(41)24-10-7-12-38(24)30(43)26(39)21(32)14-19-8-5-4-6-9-19/h4-6,8-9,16-18,21-26,39H,7,10-15,32H2,1-3H3,(H,33,34)(H,35,42)(H,36,40)(H,37,41)(H,44,45)/t21-,22-,23-,24-,25-,26-/m0/s1. The number of thioether (sulfide) groups is 1. The van der Waals surface area contributed by atoms with E-state index in [0.29, 0.717) is 24.3 Å². The molecule has 4 amide bonds. The van der Waals surface area contributed by atoms with Crippen molar-refractivity contribution in [3.05, 3.63) is 54.1 Å². The van der Waals surface area contributed by atoms with E-state index < -0.39 is 71.8 Å². The van der Waals surface area contributed by atoms with Crippen LogP contribution >= 0.6 is 11.8 Å². The number of amides is 4. The van der Waals surface area contributed by atoms with Crippen molar-refractivity contribution in [3.8, 4) is 0 Å². The average molecular weight is 660 g/mol. The Morgan fingerprint density at radius 3 is 2.37 bits per heavy atom. The van der Waals surface area contributed by atoms with Crippen molar-refractivity contribution in [2.24, 2.45) is 11.7 Å². The molecule has 1 aromatic carbocycles. The van der Waals surface area contributed by atoms with Crippen LogP contribution in [0.1, 0.15) is 44.4 Å². The number of aliphatic hydroxyl groups excluding tert-OH is 1. The van der Waals surface area contributed by atoms with Crippen LogP contribution in [0.4, 0.5) is 0 Å². The monoisotopic (exact) mass is 659 g/mol. The Morgan fingerprint density at radius 1 is 1.07 bits per heavy atom. The molecule has 252 valence electrons. The summed E-state index contributed by atoms with van der Waals surface area (Å²) in [6, 6.07) is 4.07. The summed E-state index contributed by atoms with van der Waals surface area (Å²) in [7, 11) is 0. The molecule has 15 heteroatoms. The first kappa shape index (κ1) is 36.5. The van der Waals surface area contributed by atoms with E-state index in [0.717, 1.165) is 5.56 Å². The van der Waals surface area contributed by atoms with E-state index in [4.69, 9.17) is 5.73 Å². The van der Waals surface area contributed by atoms with E-state index in [2.05, 4.69) is 25.9 Å². The van der Waals surface area contributed by atoms with Crippen molar-refractivity contribution in [1.29, 1.82) is 0 Å². The number of hydrogen-bond donors (Lipinski definition) is 7. The first-order chi connectivity index (χ1) is 21.9. The number of carboxylic acids is 1. The predicted molar refractivity (Wildman–Crippen MR) is 172 cm³/mol. The molecule has 1 aromatic heterocycles. The van der Waals surface area contributed by atoms with Crippen LogP contribution < -0.4 is 21.7 Å². The van der Waals surface area contributed by atoms with Gasteiger partial charge in [0.2, 0.25) is 17.7 Å². The van der Waals surface area contributed by atoms with E-state index in [9.17, 15) is 34.2 Å². The summed E-state index contributed by atoms with van der Waals surface area (Å²) < 4.78 is 0. The first-order valence-electron chi connectivity index (χ1n) is 15.3. The highest BCUT2D eigenvalue weighted by Crippen LogP contribution is 2.20. The maximum atomic E-state index is 13.5. The van der Waals surface area contributed by atoms with Crippen molar-refractivity contribution >= 4 is 41.4 Å². The number of aromatic nitrogens is 2. The number of likely N-dealkylation sites (tertiary alicyclic amines) is 1. The lowest BCUT2D eigenvalue weighted by Gasteiger charge is -2.31. The van der Waals surface area contributed by atoms with Gasteiger partial charge in [0.1, 0.15) is 30.3 Å². The molecular formula is C31H45N7O7S. The molecule has 0 unspecified atom stereocenters. The fraction of sp³-hybridized carbons (Fsp3) is 0.548. The zero-order valence-corrected chi connectivity index (χ0v) is 27.2. The van der Waals surface area contributed by atoms with Gasteiger partial charge >= 0.3 is 5.97 Å². The van der Waals surface area contributed by atoms with Crippen LogP contribution in [0.3, 0.4) is 0 Å². The van der Waals surface area contributed by atoms with Crippen LogP contribution in [-0.4, -0.2) is 110 Å². The Morgan fingerprint density at radius 2 is 1.76 bits per heavy atom. The highest BCUT2D eigenvalue weighted by atomic mass is 32.2. The minimum Gasteiger partial charge on any atom is -0.480 e. The molecule has 0 aliphatic carbocycles. The topological polar surface area (TPSA) is 220 Å². The predicted octanol–water partition coefficient (Wildman–Crippen LogP) is -0.178. The number of carboxylic acid groups (broad SMARTS) is 1. The smallest absolute Gasteiger partial charge is 0.326 e. The summed E-state index contributed by atoms with van der Waals surface area (Å²) in [5.74, 6) is -3.63. The normalized spacial score (nSPS) is 17.9. The van der Waals surface area contributed by atoms with Gasteiger partial charge in [0.25, 0.3) is 5.91 Å². The maximum Gasteiger partial charge on any atom is 0.326 e. The minimum atomic E-state index is -1.52. The van der Waals surface area contributed by atoms with Gasteiger partial charge in [-0.05, 0) is 49.2 Å². The molecule has 46 heavy (non-hydrogen) atoms. The van der Waals surface area contributed by atoms with Gasteiger partial charge in [0.15, 0.2) is 0 Å². The third-order valence-electron chi connectivity index (χ3n) is 7.90. The molecular weight excluding hydrogens is 614 g/mol. The number of hydrogen-bond acceptors (Lipinski definition) is 9. The zero-order chi connectivity index (χ0) is 33.8. The number of carbonyl (C=O) groups excluding carboxylic acids is 4. The van der Waals surface area contributed by atoms with Gasteiger partial charge in [-0.2, -0.15) is 11.8 Å². The summed E-state index contributed by atoms with van der Waals surface area (Å²) in [5, 5.41) is 28.4. The summed E-state index contributed by atoms with van der Waals surface area (Å²) in [6.45, 7) is 3.72. The van der Waals surface area contributed by atoms with Crippen LogP contribution in [-0.2, 0) is 36.8 Å². The van der Waals surface area contributed by atoms with Gasteiger partial charge in [-0.15, -0.1) is 0 Å². The Balaban J connectivity index is 1.66. The lowest BCUT2D eigenvalue weighted by atomic mass is 10.0. The first-order valence-corrected chi connectivity index (χ1v) is 16.7. The molecule has 1 aliphatic rings. The Kier molecular flexibility index (Phi) is 14.0. The van der Waals surface area contributed by atoms with Crippen LogP contribution in [0.2, 0.25) is 0 Å². The second-order valence-corrected chi connectivity index (χ2v) is 12.7. The maximum absolute atomic E-state index is 13.5. The largest absolute Gasteiger partial charge is 0.480 e. The fourth-order valence-electron chi connectivity index (χ4n) is 5.29. The molecule has 2 heterocycles. The van der Waals surface area contributed by atoms with Crippen molar-refractivity contribution in [2.45, 2.75) is 82.3 Å². The van der Waals surface area contributed by atoms with E-state index >= 15 is 0 Å². The second-order valence-electron chi connectivity index (χ2n) is 11.7. The van der Waals surface area contributed by atoms with Crippen LogP contribution in [0.25, 0.3) is 0 Å². The SMILES string of the molecule is CSCC[C@H](NC(=O)[C@@H](NC(=O)[C@@H]1CCCN1C(=O)[C@@H](O)[C@@H](N)Cc1ccccc1)C(C)C)C(=O)N[C@@H](Cc1cnc[nH]1)C(=O)O. The van der Waals surface area contributed by atoms with Crippen LogP contribution in [0, 0.1) is 5.92 Å². The number of nitrogens with two attached hydrogens (primary N) is 1. The molecule has 0 radical (unpaired) electrons. The van der Waals surface area contributed by atoms with Crippen molar-refractivity contribution < 1.29 is 34.2 Å². The third kappa shape index (κ3) is 10.3. The van der Waals surface area contributed by atoms with Crippen molar-refractivity contribution in [1.82, 2.24) is 30.8 Å². The van der Waals surface area contributed by atoms with E-state index in [1.54, 1.807) is 13.8 Å². The number of benzene rings is 1. The van der Waals surface area contributed by atoms with E-state index in [1.807, 2.05) is 36.6 Å². The average Bonchev–Trinajstić information content (AvgIpc) is 3.73. The van der Waals surface area contributed by atoms with Crippen LogP contribution in [0.5, 0.6) is 0 Å². The molecule has 0 bridgehead atoms. The molecule has 6 atom stereocenters. The molecule has 2 aromatic rings. The van der Waals surface area contributed by atoms with Gasteiger partial charge in [-0.1, -0.05) is 44.2 Å². The number of aliphatic carboxylic acids is 1. The number of rotatable bonds is 17.